The van der Waals surface area contributed by atoms with Crippen molar-refractivity contribution >= 4 is 5.91 Å². The number of nitrogens with one attached hydrogen (secondary N) is 2. The first kappa shape index (κ1) is 16.6. The maximum atomic E-state index is 12.7. The summed E-state index contributed by atoms with van der Waals surface area (Å²) in [5.74, 6) is -0.100. The summed E-state index contributed by atoms with van der Waals surface area (Å²) < 4.78 is 12.7. The van der Waals surface area contributed by atoms with E-state index < -0.39 is 0 Å². The molecule has 0 aliphatic heterocycles. The van der Waals surface area contributed by atoms with Crippen LogP contribution >= 0.6 is 0 Å². The average Bonchev–Trinajstić information content (AvgIpc) is 2.45. The van der Waals surface area contributed by atoms with Crippen molar-refractivity contribution in [2.75, 3.05) is 19.6 Å². The van der Waals surface area contributed by atoms with Crippen molar-refractivity contribution in [1.82, 2.24) is 10.6 Å². The van der Waals surface area contributed by atoms with Crippen LogP contribution in [0.3, 0.4) is 0 Å². The SMILES string of the molecule is CCCCCNC(=O)CCNCCc1ccc(F)cc1. The molecule has 0 bridgehead atoms. The van der Waals surface area contributed by atoms with Crippen LogP contribution in [0.5, 0.6) is 0 Å². The highest BCUT2D eigenvalue weighted by atomic mass is 19.1. The predicted octanol–water partition coefficient (Wildman–Crippen LogP) is 2.65. The summed E-state index contributed by atoms with van der Waals surface area (Å²) in [6, 6.07) is 6.52. The number of hydrogen-bond donors (Lipinski definition) is 2. The zero-order valence-corrected chi connectivity index (χ0v) is 12.3. The average molecular weight is 280 g/mol. The topological polar surface area (TPSA) is 41.1 Å². The van der Waals surface area contributed by atoms with Gasteiger partial charge >= 0.3 is 0 Å². The third-order valence-electron chi connectivity index (χ3n) is 3.14. The third-order valence-corrected chi connectivity index (χ3v) is 3.14. The Kier molecular flexibility index (Phi) is 8.63. The van der Waals surface area contributed by atoms with Gasteiger partial charge in [-0.05, 0) is 37.1 Å². The Hall–Kier alpha value is -1.42. The lowest BCUT2D eigenvalue weighted by Gasteiger charge is -2.06. The molecule has 0 saturated carbocycles. The Bertz CT molecular complexity index is 379. The lowest BCUT2D eigenvalue weighted by atomic mass is 10.1. The fourth-order valence-corrected chi connectivity index (χ4v) is 1.90. The Morgan fingerprint density at radius 1 is 1.10 bits per heavy atom. The van der Waals surface area contributed by atoms with Crippen LogP contribution in [0.15, 0.2) is 24.3 Å². The highest BCUT2D eigenvalue weighted by Crippen LogP contribution is 2.02. The number of hydrogen-bond acceptors (Lipinski definition) is 2. The van der Waals surface area contributed by atoms with Crippen molar-refractivity contribution in [1.29, 1.82) is 0 Å². The molecule has 0 atom stereocenters. The number of carbonyl (C=O) groups is 1. The van der Waals surface area contributed by atoms with Crippen LogP contribution in [0.2, 0.25) is 0 Å². The van der Waals surface area contributed by atoms with Crippen molar-refractivity contribution in [2.45, 2.75) is 39.0 Å². The molecule has 0 unspecified atom stereocenters. The quantitative estimate of drug-likeness (QED) is 0.647. The molecule has 2 N–H and O–H groups in total. The van der Waals surface area contributed by atoms with Gasteiger partial charge in [-0.2, -0.15) is 0 Å². The lowest BCUT2D eigenvalue weighted by Crippen LogP contribution is -2.29. The van der Waals surface area contributed by atoms with Gasteiger partial charge in [0.25, 0.3) is 0 Å². The van der Waals surface area contributed by atoms with Gasteiger partial charge in [0.15, 0.2) is 0 Å². The number of halogens is 1. The summed E-state index contributed by atoms with van der Waals surface area (Å²) in [7, 11) is 0. The fourth-order valence-electron chi connectivity index (χ4n) is 1.90. The molecule has 0 fully saturated rings. The van der Waals surface area contributed by atoms with Crippen LogP contribution in [-0.4, -0.2) is 25.5 Å². The van der Waals surface area contributed by atoms with Gasteiger partial charge in [-0.25, -0.2) is 4.39 Å². The minimum Gasteiger partial charge on any atom is -0.356 e. The monoisotopic (exact) mass is 280 g/mol. The second kappa shape index (κ2) is 10.4. The Balaban J connectivity index is 1.98. The Morgan fingerprint density at radius 3 is 2.55 bits per heavy atom. The third kappa shape index (κ3) is 7.89. The molecule has 0 aromatic heterocycles. The summed E-state index contributed by atoms with van der Waals surface area (Å²) >= 11 is 0. The molecule has 112 valence electrons. The Morgan fingerprint density at radius 2 is 1.85 bits per heavy atom. The molecule has 0 spiro atoms. The molecule has 0 aliphatic rings. The predicted molar refractivity (Wildman–Crippen MR) is 80.1 cm³/mol. The maximum absolute atomic E-state index is 12.7. The molecule has 0 heterocycles. The van der Waals surface area contributed by atoms with Crippen LogP contribution in [-0.2, 0) is 11.2 Å². The van der Waals surface area contributed by atoms with E-state index in [1.807, 2.05) is 0 Å². The van der Waals surface area contributed by atoms with E-state index in [9.17, 15) is 9.18 Å². The number of amides is 1. The zero-order chi connectivity index (χ0) is 14.6. The second-order valence-corrected chi connectivity index (χ2v) is 4.93. The van der Waals surface area contributed by atoms with Gasteiger partial charge < -0.3 is 10.6 Å². The summed E-state index contributed by atoms with van der Waals surface area (Å²) in [6.07, 6.45) is 4.74. The van der Waals surface area contributed by atoms with Gasteiger partial charge in [-0.1, -0.05) is 31.9 Å². The molecule has 1 aromatic rings. The van der Waals surface area contributed by atoms with Crippen LogP contribution in [0, 0.1) is 5.82 Å². The van der Waals surface area contributed by atoms with E-state index in [0.29, 0.717) is 13.0 Å². The second-order valence-electron chi connectivity index (χ2n) is 4.93. The van der Waals surface area contributed by atoms with Crippen molar-refractivity contribution in [2.24, 2.45) is 0 Å². The van der Waals surface area contributed by atoms with Gasteiger partial charge in [0, 0.05) is 19.5 Å². The molecule has 4 heteroatoms. The molecule has 20 heavy (non-hydrogen) atoms. The summed E-state index contributed by atoms with van der Waals surface area (Å²) in [5.41, 5.74) is 1.10. The first-order valence-electron chi connectivity index (χ1n) is 7.44. The van der Waals surface area contributed by atoms with Gasteiger partial charge in [0.2, 0.25) is 5.91 Å². The van der Waals surface area contributed by atoms with E-state index in [4.69, 9.17) is 0 Å². The highest BCUT2D eigenvalue weighted by molar-refractivity contribution is 5.75. The molecule has 1 amide bonds. The van der Waals surface area contributed by atoms with Crippen LogP contribution in [0.1, 0.15) is 38.2 Å². The first-order chi connectivity index (χ1) is 9.72. The van der Waals surface area contributed by atoms with Gasteiger partial charge in [0.1, 0.15) is 5.82 Å². The fraction of sp³-hybridized carbons (Fsp3) is 0.562. The minimum absolute atomic E-state index is 0.107. The van der Waals surface area contributed by atoms with Crippen LogP contribution < -0.4 is 10.6 Å². The molecule has 0 aliphatic carbocycles. The van der Waals surface area contributed by atoms with E-state index in [-0.39, 0.29) is 11.7 Å². The maximum Gasteiger partial charge on any atom is 0.221 e. The number of benzene rings is 1. The standard InChI is InChI=1S/C16H25FN2O/c1-2-3-4-11-19-16(20)10-13-18-12-9-14-5-7-15(17)8-6-14/h5-8,18H,2-4,9-13H2,1H3,(H,19,20). The van der Waals surface area contributed by atoms with Crippen LogP contribution in [0.4, 0.5) is 4.39 Å². The van der Waals surface area contributed by atoms with E-state index in [1.165, 1.54) is 18.6 Å². The lowest BCUT2D eigenvalue weighted by molar-refractivity contribution is -0.121. The zero-order valence-electron chi connectivity index (χ0n) is 12.3. The van der Waals surface area contributed by atoms with Gasteiger partial charge in [-0.3, -0.25) is 4.79 Å². The molecule has 1 aromatic carbocycles. The van der Waals surface area contributed by atoms with Crippen molar-refractivity contribution < 1.29 is 9.18 Å². The smallest absolute Gasteiger partial charge is 0.221 e. The van der Waals surface area contributed by atoms with E-state index >= 15 is 0 Å². The van der Waals surface area contributed by atoms with Gasteiger partial charge in [-0.15, -0.1) is 0 Å². The summed E-state index contributed by atoms with van der Waals surface area (Å²) in [6.45, 7) is 4.41. The molecule has 0 saturated heterocycles. The van der Waals surface area contributed by atoms with E-state index in [0.717, 1.165) is 37.9 Å². The van der Waals surface area contributed by atoms with Crippen molar-refractivity contribution in [3.63, 3.8) is 0 Å². The van der Waals surface area contributed by atoms with Gasteiger partial charge in [0.05, 0.1) is 0 Å². The number of unbranched alkanes of at least 4 members (excludes halogenated alkanes) is 2. The summed E-state index contributed by atoms with van der Waals surface area (Å²) in [4.78, 5) is 11.5. The number of carbonyl (C=O) groups excluding carboxylic acids is 1. The van der Waals surface area contributed by atoms with Crippen molar-refractivity contribution in [3.8, 4) is 0 Å². The minimum atomic E-state index is -0.207. The van der Waals surface area contributed by atoms with E-state index in [2.05, 4.69) is 17.6 Å². The Labute approximate surface area is 121 Å². The normalized spacial score (nSPS) is 10.5. The summed E-state index contributed by atoms with van der Waals surface area (Å²) in [5, 5.41) is 6.14. The highest BCUT2D eigenvalue weighted by Gasteiger charge is 2.00. The van der Waals surface area contributed by atoms with Crippen LogP contribution in [0.25, 0.3) is 0 Å². The molecular formula is C16H25FN2O. The number of rotatable bonds is 10. The van der Waals surface area contributed by atoms with E-state index in [1.54, 1.807) is 12.1 Å². The molecule has 0 radical (unpaired) electrons. The molecule has 3 nitrogen and oxygen atoms in total. The largest absolute Gasteiger partial charge is 0.356 e. The molecular weight excluding hydrogens is 255 g/mol. The van der Waals surface area contributed by atoms with Crippen molar-refractivity contribution in [3.05, 3.63) is 35.6 Å². The molecule has 1 rings (SSSR count). The first-order valence-corrected chi connectivity index (χ1v) is 7.44.